The largest absolute Gasteiger partial charge is 0.480 e. The van der Waals surface area contributed by atoms with Gasteiger partial charge in [-0.3, -0.25) is 29.1 Å². The Morgan fingerprint density at radius 2 is 1.41 bits per heavy atom. The first-order valence-electron chi connectivity index (χ1n) is 9.09. The minimum Gasteiger partial charge on any atom is -0.480 e. The lowest BCUT2D eigenvalue weighted by Gasteiger charge is -2.35. The van der Waals surface area contributed by atoms with E-state index in [0.717, 1.165) is 23.9 Å². The summed E-state index contributed by atoms with van der Waals surface area (Å²) in [6.07, 6.45) is 0. The first-order valence-corrected chi connectivity index (χ1v) is 9.09. The van der Waals surface area contributed by atoms with Crippen molar-refractivity contribution in [2.45, 2.75) is 0 Å². The topological polar surface area (TPSA) is 81.2 Å². The molecule has 1 N–H and O–H groups in total. The molecule has 2 heterocycles. The predicted molar refractivity (Wildman–Crippen MR) is 99.8 cm³/mol. The number of imide groups is 1. The van der Waals surface area contributed by atoms with Crippen molar-refractivity contribution in [3.8, 4) is 0 Å². The summed E-state index contributed by atoms with van der Waals surface area (Å²) in [6, 6.07) is 11.1. The Kier molecular flexibility index (Phi) is 4.63. The highest BCUT2D eigenvalue weighted by molar-refractivity contribution is 6.25. The molecule has 7 heteroatoms. The Morgan fingerprint density at radius 3 is 1.96 bits per heavy atom. The van der Waals surface area contributed by atoms with Crippen LogP contribution in [0, 0.1) is 0 Å². The van der Waals surface area contributed by atoms with E-state index < -0.39 is 5.97 Å². The zero-order chi connectivity index (χ0) is 19.0. The number of benzene rings is 2. The van der Waals surface area contributed by atoms with E-state index in [1.165, 1.54) is 4.90 Å². The molecular formula is C20H21N3O4. The second-order valence-electron chi connectivity index (χ2n) is 6.98. The Hall–Kier alpha value is -2.77. The molecule has 140 valence electrons. The van der Waals surface area contributed by atoms with Gasteiger partial charge in [0, 0.05) is 55.8 Å². The minimum absolute atomic E-state index is 0.0533. The van der Waals surface area contributed by atoms with Crippen LogP contribution in [0.3, 0.4) is 0 Å². The summed E-state index contributed by atoms with van der Waals surface area (Å²) in [5.74, 6) is -1.30. The Labute approximate surface area is 156 Å². The van der Waals surface area contributed by atoms with Crippen molar-refractivity contribution in [2.75, 3.05) is 45.8 Å². The van der Waals surface area contributed by atoms with E-state index in [2.05, 4.69) is 4.90 Å². The van der Waals surface area contributed by atoms with Crippen LogP contribution in [0.5, 0.6) is 0 Å². The lowest BCUT2D eigenvalue weighted by atomic mass is 9.94. The number of carboxylic acid groups (broad SMARTS) is 1. The molecule has 2 amide bonds. The van der Waals surface area contributed by atoms with E-state index in [-0.39, 0.29) is 18.4 Å². The SMILES string of the molecule is O=C(O)CN1CCN(CCN2C(=O)c3cccc4cccc(c34)C2=O)CC1. The van der Waals surface area contributed by atoms with Gasteiger partial charge in [-0.25, -0.2) is 0 Å². The summed E-state index contributed by atoms with van der Waals surface area (Å²) < 4.78 is 0. The van der Waals surface area contributed by atoms with Crippen LogP contribution in [-0.4, -0.2) is 83.4 Å². The van der Waals surface area contributed by atoms with Crippen molar-refractivity contribution >= 4 is 28.6 Å². The van der Waals surface area contributed by atoms with Crippen LogP contribution in [0.4, 0.5) is 0 Å². The normalized spacial score (nSPS) is 18.3. The number of nitrogens with zero attached hydrogens (tertiary/aromatic N) is 3. The molecule has 0 aromatic heterocycles. The highest BCUT2D eigenvalue weighted by atomic mass is 16.4. The summed E-state index contributed by atoms with van der Waals surface area (Å²) in [4.78, 5) is 41.9. The third kappa shape index (κ3) is 3.31. The number of rotatable bonds is 5. The summed E-state index contributed by atoms with van der Waals surface area (Å²) in [7, 11) is 0. The standard InChI is InChI=1S/C20H21N3O4/c24-17(25)13-22-9-7-21(8-10-22)11-12-23-19(26)15-5-1-3-14-4-2-6-16(18(14)15)20(23)27/h1-6H,7-13H2,(H,24,25). The molecule has 0 radical (unpaired) electrons. The van der Waals surface area contributed by atoms with Crippen LogP contribution < -0.4 is 0 Å². The number of aliphatic carboxylic acids is 1. The van der Waals surface area contributed by atoms with Gasteiger partial charge in [0.15, 0.2) is 0 Å². The van der Waals surface area contributed by atoms with Gasteiger partial charge in [0.25, 0.3) is 11.8 Å². The fourth-order valence-electron chi connectivity index (χ4n) is 3.89. The van der Waals surface area contributed by atoms with Gasteiger partial charge in [-0.1, -0.05) is 24.3 Å². The average Bonchev–Trinajstić information content (AvgIpc) is 2.66. The van der Waals surface area contributed by atoms with E-state index in [1.54, 1.807) is 12.1 Å². The molecule has 0 unspecified atom stereocenters. The molecule has 2 aliphatic heterocycles. The second kappa shape index (κ2) is 7.09. The lowest BCUT2D eigenvalue weighted by Crippen LogP contribution is -2.51. The van der Waals surface area contributed by atoms with Gasteiger partial charge < -0.3 is 5.11 Å². The van der Waals surface area contributed by atoms with Crippen LogP contribution in [0.15, 0.2) is 36.4 Å². The number of carbonyl (C=O) groups excluding carboxylic acids is 2. The van der Waals surface area contributed by atoms with Crippen LogP contribution in [0.2, 0.25) is 0 Å². The average molecular weight is 367 g/mol. The molecule has 2 aromatic rings. The number of carbonyl (C=O) groups is 3. The monoisotopic (exact) mass is 367 g/mol. The van der Waals surface area contributed by atoms with Gasteiger partial charge in [0.05, 0.1) is 6.54 Å². The molecule has 27 heavy (non-hydrogen) atoms. The molecule has 2 aromatic carbocycles. The summed E-state index contributed by atoms with van der Waals surface area (Å²) in [5, 5.41) is 10.5. The maximum absolute atomic E-state index is 12.9. The number of hydrogen-bond donors (Lipinski definition) is 1. The highest BCUT2D eigenvalue weighted by Crippen LogP contribution is 2.29. The lowest BCUT2D eigenvalue weighted by molar-refractivity contribution is -0.138. The van der Waals surface area contributed by atoms with Gasteiger partial charge in [-0.2, -0.15) is 0 Å². The maximum Gasteiger partial charge on any atom is 0.317 e. The molecule has 0 spiro atoms. The quantitative estimate of drug-likeness (QED) is 0.798. The van der Waals surface area contributed by atoms with Crippen molar-refractivity contribution in [2.24, 2.45) is 0 Å². The number of hydrogen-bond acceptors (Lipinski definition) is 5. The van der Waals surface area contributed by atoms with Crippen LogP contribution >= 0.6 is 0 Å². The van der Waals surface area contributed by atoms with E-state index >= 15 is 0 Å². The smallest absolute Gasteiger partial charge is 0.317 e. The molecule has 0 aliphatic carbocycles. The van der Waals surface area contributed by atoms with E-state index in [9.17, 15) is 14.4 Å². The molecule has 4 rings (SSSR count). The van der Waals surface area contributed by atoms with Crippen molar-refractivity contribution in [3.63, 3.8) is 0 Å². The van der Waals surface area contributed by atoms with Gasteiger partial charge in [0.1, 0.15) is 0 Å². The molecule has 0 saturated carbocycles. The first kappa shape index (κ1) is 17.6. The zero-order valence-corrected chi connectivity index (χ0v) is 14.9. The number of piperazine rings is 1. The molecule has 1 fully saturated rings. The number of amides is 2. The number of carboxylic acids is 1. The molecule has 0 atom stereocenters. The van der Waals surface area contributed by atoms with Gasteiger partial charge in [-0.05, 0) is 17.5 Å². The molecule has 0 bridgehead atoms. The fraction of sp³-hybridized carbons (Fsp3) is 0.350. The van der Waals surface area contributed by atoms with Crippen molar-refractivity contribution in [1.29, 1.82) is 0 Å². The first-order chi connectivity index (χ1) is 13.0. The van der Waals surface area contributed by atoms with Crippen LogP contribution in [0.1, 0.15) is 20.7 Å². The van der Waals surface area contributed by atoms with Crippen LogP contribution in [0.25, 0.3) is 10.8 Å². The fourth-order valence-corrected chi connectivity index (χ4v) is 3.89. The summed E-state index contributed by atoms with van der Waals surface area (Å²) in [6.45, 7) is 3.80. The molecular weight excluding hydrogens is 346 g/mol. The zero-order valence-electron chi connectivity index (χ0n) is 14.9. The Balaban J connectivity index is 1.44. The molecule has 7 nitrogen and oxygen atoms in total. The Bertz CT molecular complexity index is 868. The molecule has 2 aliphatic rings. The Morgan fingerprint density at radius 1 is 0.852 bits per heavy atom. The minimum atomic E-state index is -0.819. The maximum atomic E-state index is 12.9. The van der Waals surface area contributed by atoms with Crippen molar-refractivity contribution in [1.82, 2.24) is 14.7 Å². The van der Waals surface area contributed by atoms with Crippen LogP contribution in [-0.2, 0) is 4.79 Å². The summed E-state index contributed by atoms with van der Waals surface area (Å²) in [5.41, 5.74) is 1.16. The van der Waals surface area contributed by atoms with Crippen molar-refractivity contribution in [3.05, 3.63) is 47.5 Å². The third-order valence-corrected chi connectivity index (χ3v) is 5.32. The third-order valence-electron chi connectivity index (χ3n) is 5.32. The van der Waals surface area contributed by atoms with Crippen molar-refractivity contribution < 1.29 is 19.5 Å². The summed E-state index contributed by atoms with van der Waals surface area (Å²) >= 11 is 0. The van der Waals surface area contributed by atoms with E-state index in [1.807, 2.05) is 29.2 Å². The molecule has 1 saturated heterocycles. The van der Waals surface area contributed by atoms with E-state index in [0.29, 0.717) is 37.3 Å². The predicted octanol–water partition coefficient (Wildman–Crippen LogP) is 1.14. The van der Waals surface area contributed by atoms with E-state index in [4.69, 9.17) is 5.11 Å². The van der Waals surface area contributed by atoms with Gasteiger partial charge >= 0.3 is 5.97 Å². The van der Waals surface area contributed by atoms with Gasteiger partial charge in [0.2, 0.25) is 0 Å². The highest BCUT2D eigenvalue weighted by Gasteiger charge is 2.32. The second-order valence-corrected chi connectivity index (χ2v) is 6.98. The van der Waals surface area contributed by atoms with Gasteiger partial charge in [-0.15, -0.1) is 0 Å².